The molecular formula is C13H20N4O2. The number of pyridine rings is 1. The van der Waals surface area contributed by atoms with E-state index in [-0.39, 0.29) is 17.9 Å². The summed E-state index contributed by atoms with van der Waals surface area (Å²) in [5.74, 6) is 5.63. The summed E-state index contributed by atoms with van der Waals surface area (Å²) in [6, 6.07) is 1.66. The molecule has 104 valence electrons. The standard InChI is InChI=1S/C13H20N4O2/c1-9(18)10-3-6-17(7-4-10)13(19)11-2-5-15-8-12(11)16-14/h2,5,8-10,16,18H,3-4,6-7,14H2,1H3. The van der Waals surface area contributed by atoms with Crippen molar-refractivity contribution < 1.29 is 9.90 Å². The number of aliphatic hydroxyl groups is 1. The number of aliphatic hydroxyl groups excluding tert-OH is 1. The zero-order valence-corrected chi connectivity index (χ0v) is 11.0. The van der Waals surface area contributed by atoms with Crippen LogP contribution in [0.25, 0.3) is 0 Å². The van der Waals surface area contributed by atoms with Gasteiger partial charge in [0.1, 0.15) is 0 Å². The summed E-state index contributed by atoms with van der Waals surface area (Å²) in [6.07, 6.45) is 4.48. The third kappa shape index (κ3) is 3.02. The van der Waals surface area contributed by atoms with Crippen LogP contribution in [0.5, 0.6) is 0 Å². The molecule has 19 heavy (non-hydrogen) atoms. The number of nitrogens with two attached hydrogens (primary N) is 1. The van der Waals surface area contributed by atoms with Gasteiger partial charge in [0.2, 0.25) is 0 Å². The van der Waals surface area contributed by atoms with Gasteiger partial charge < -0.3 is 15.4 Å². The second-order valence-electron chi connectivity index (χ2n) is 4.94. The molecule has 1 aliphatic heterocycles. The van der Waals surface area contributed by atoms with Gasteiger partial charge in [-0.2, -0.15) is 0 Å². The normalized spacial score (nSPS) is 18.2. The lowest BCUT2D eigenvalue weighted by Crippen LogP contribution is -2.41. The molecule has 1 aromatic heterocycles. The Morgan fingerprint density at radius 1 is 1.58 bits per heavy atom. The van der Waals surface area contributed by atoms with Gasteiger partial charge in [0.25, 0.3) is 5.91 Å². The van der Waals surface area contributed by atoms with Crippen LogP contribution in [0.2, 0.25) is 0 Å². The molecule has 4 N–H and O–H groups in total. The minimum absolute atomic E-state index is 0.0422. The van der Waals surface area contributed by atoms with Gasteiger partial charge in [-0.1, -0.05) is 0 Å². The Bertz CT molecular complexity index is 442. The van der Waals surface area contributed by atoms with Crippen molar-refractivity contribution >= 4 is 11.6 Å². The first-order valence-corrected chi connectivity index (χ1v) is 6.51. The van der Waals surface area contributed by atoms with Crippen molar-refractivity contribution in [1.82, 2.24) is 9.88 Å². The van der Waals surface area contributed by atoms with Crippen molar-refractivity contribution in [3.63, 3.8) is 0 Å². The number of aromatic nitrogens is 1. The molecule has 0 bridgehead atoms. The van der Waals surface area contributed by atoms with Gasteiger partial charge in [-0.3, -0.25) is 15.6 Å². The lowest BCUT2D eigenvalue weighted by atomic mass is 9.92. The summed E-state index contributed by atoms with van der Waals surface area (Å²) in [5, 5.41) is 9.56. The maximum atomic E-state index is 12.4. The number of piperidine rings is 1. The monoisotopic (exact) mass is 264 g/mol. The smallest absolute Gasteiger partial charge is 0.256 e. The van der Waals surface area contributed by atoms with Crippen molar-refractivity contribution in [3.8, 4) is 0 Å². The van der Waals surface area contributed by atoms with E-state index in [4.69, 9.17) is 5.84 Å². The highest BCUT2D eigenvalue weighted by Crippen LogP contribution is 2.23. The highest BCUT2D eigenvalue weighted by atomic mass is 16.3. The fourth-order valence-electron chi connectivity index (χ4n) is 2.45. The number of anilines is 1. The average Bonchev–Trinajstić information content (AvgIpc) is 2.46. The molecule has 1 amide bonds. The summed E-state index contributed by atoms with van der Waals surface area (Å²) in [5.41, 5.74) is 3.56. The van der Waals surface area contributed by atoms with Crippen LogP contribution < -0.4 is 11.3 Å². The molecule has 2 rings (SSSR count). The third-order valence-corrected chi connectivity index (χ3v) is 3.72. The summed E-state index contributed by atoms with van der Waals surface area (Å²) < 4.78 is 0. The van der Waals surface area contributed by atoms with Crippen LogP contribution in [0.1, 0.15) is 30.1 Å². The Morgan fingerprint density at radius 2 is 2.26 bits per heavy atom. The van der Waals surface area contributed by atoms with E-state index < -0.39 is 0 Å². The summed E-state index contributed by atoms with van der Waals surface area (Å²) in [7, 11) is 0. The summed E-state index contributed by atoms with van der Waals surface area (Å²) >= 11 is 0. The molecule has 6 heteroatoms. The first-order valence-electron chi connectivity index (χ1n) is 6.51. The molecule has 6 nitrogen and oxygen atoms in total. The molecule has 1 unspecified atom stereocenters. The van der Waals surface area contributed by atoms with E-state index in [1.807, 2.05) is 6.92 Å². The number of amides is 1. The van der Waals surface area contributed by atoms with Crippen molar-refractivity contribution in [2.45, 2.75) is 25.9 Å². The van der Waals surface area contributed by atoms with Crippen molar-refractivity contribution in [1.29, 1.82) is 0 Å². The molecule has 1 aromatic rings. The van der Waals surface area contributed by atoms with E-state index in [1.54, 1.807) is 17.2 Å². The predicted molar refractivity (Wildman–Crippen MR) is 72.4 cm³/mol. The number of hydrogen-bond donors (Lipinski definition) is 3. The third-order valence-electron chi connectivity index (χ3n) is 3.72. The number of carbonyl (C=O) groups is 1. The number of rotatable bonds is 3. The minimum Gasteiger partial charge on any atom is -0.393 e. The Morgan fingerprint density at radius 3 is 2.84 bits per heavy atom. The van der Waals surface area contributed by atoms with E-state index in [0.29, 0.717) is 24.3 Å². The second-order valence-corrected chi connectivity index (χ2v) is 4.94. The number of nitrogen functional groups attached to an aromatic ring is 1. The fraction of sp³-hybridized carbons (Fsp3) is 0.538. The van der Waals surface area contributed by atoms with E-state index in [9.17, 15) is 9.90 Å². The molecule has 0 aliphatic carbocycles. The van der Waals surface area contributed by atoms with Crippen LogP contribution in [-0.2, 0) is 0 Å². The number of carbonyl (C=O) groups excluding carboxylic acids is 1. The highest BCUT2D eigenvalue weighted by Gasteiger charge is 2.26. The van der Waals surface area contributed by atoms with Gasteiger partial charge >= 0.3 is 0 Å². The molecule has 2 heterocycles. The van der Waals surface area contributed by atoms with Crippen molar-refractivity contribution in [2.75, 3.05) is 18.5 Å². The summed E-state index contributed by atoms with van der Waals surface area (Å²) in [6.45, 7) is 3.14. The number of likely N-dealkylation sites (tertiary alicyclic amines) is 1. The molecule has 0 radical (unpaired) electrons. The van der Waals surface area contributed by atoms with Crippen LogP contribution in [0.15, 0.2) is 18.5 Å². The van der Waals surface area contributed by atoms with Crippen LogP contribution in [0.4, 0.5) is 5.69 Å². The zero-order chi connectivity index (χ0) is 13.8. The van der Waals surface area contributed by atoms with Crippen LogP contribution in [-0.4, -0.2) is 40.1 Å². The average molecular weight is 264 g/mol. The van der Waals surface area contributed by atoms with Gasteiger partial charge in [0.05, 0.1) is 23.6 Å². The Balaban J connectivity index is 2.05. The first kappa shape index (κ1) is 13.8. The van der Waals surface area contributed by atoms with Gasteiger partial charge in [0, 0.05) is 19.3 Å². The number of hydrogen-bond acceptors (Lipinski definition) is 5. The van der Waals surface area contributed by atoms with Gasteiger partial charge in [0.15, 0.2) is 0 Å². The Labute approximate surface area is 112 Å². The maximum Gasteiger partial charge on any atom is 0.256 e. The zero-order valence-electron chi connectivity index (χ0n) is 11.0. The van der Waals surface area contributed by atoms with Crippen LogP contribution >= 0.6 is 0 Å². The van der Waals surface area contributed by atoms with Crippen molar-refractivity contribution in [2.24, 2.45) is 11.8 Å². The number of nitrogens with one attached hydrogen (secondary N) is 1. The maximum absolute atomic E-state index is 12.4. The lowest BCUT2D eigenvalue weighted by Gasteiger charge is -2.33. The predicted octanol–water partition coefficient (Wildman–Crippen LogP) is 0.600. The van der Waals surface area contributed by atoms with E-state index in [1.165, 1.54) is 6.20 Å². The number of hydrazine groups is 1. The van der Waals surface area contributed by atoms with Crippen LogP contribution in [0, 0.1) is 5.92 Å². The van der Waals surface area contributed by atoms with E-state index in [2.05, 4.69) is 10.4 Å². The Hall–Kier alpha value is -1.66. The second kappa shape index (κ2) is 5.99. The number of nitrogens with zero attached hydrogens (tertiary/aromatic N) is 2. The molecule has 0 aromatic carbocycles. The molecule has 1 saturated heterocycles. The van der Waals surface area contributed by atoms with E-state index in [0.717, 1.165) is 12.8 Å². The fourth-order valence-corrected chi connectivity index (χ4v) is 2.45. The van der Waals surface area contributed by atoms with E-state index >= 15 is 0 Å². The molecule has 1 fully saturated rings. The summed E-state index contributed by atoms with van der Waals surface area (Å²) in [4.78, 5) is 18.1. The quantitative estimate of drug-likeness (QED) is 0.549. The SMILES string of the molecule is CC(O)C1CCN(C(=O)c2ccncc2NN)CC1. The van der Waals surface area contributed by atoms with Gasteiger partial charge in [-0.25, -0.2) is 0 Å². The van der Waals surface area contributed by atoms with Crippen molar-refractivity contribution in [3.05, 3.63) is 24.0 Å². The molecular weight excluding hydrogens is 244 g/mol. The molecule has 1 atom stereocenters. The van der Waals surface area contributed by atoms with Crippen LogP contribution in [0.3, 0.4) is 0 Å². The lowest BCUT2D eigenvalue weighted by molar-refractivity contribution is 0.0522. The minimum atomic E-state index is -0.306. The van der Waals surface area contributed by atoms with Gasteiger partial charge in [-0.05, 0) is 31.7 Å². The first-order chi connectivity index (χ1) is 9.13. The molecule has 0 saturated carbocycles. The van der Waals surface area contributed by atoms with Gasteiger partial charge in [-0.15, -0.1) is 0 Å². The highest BCUT2D eigenvalue weighted by molar-refractivity contribution is 5.99. The molecule has 0 spiro atoms. The largest absolute Gasteiger partial charge is 0.393 e. The Kier molecular flexibility index (Phi) is 4.34. The molecule has 1 aliphatic rings. The topological polar surface area (TPSA) is 91.5 Å².